The molecule has 1 aromatic carbocycles. The lowest BCUT2D eigenvalue weighted by atomic mass is 10.1. The number of oxazole rings is 1. The van der Waals surface area contributed by atoms with Crippen molar-refractivity contribution in [1.29, 1.82) is 0 Å². The van der Waals surface area contributed by atoms with Crippen LogP contribution in [0.5, 0.6) is 0 Å². The van der Waals surface area contributed by atoms with Crippen LogP contribution in [0.15, 0.2) is 47.3 Å². The van der Waals surface area contributed by atoms with Gasteiger partial charge in [-0.05, 0) is 18.6 Å². The summed E-state index contributed by atoms with van der Waals surface area (Å²) >= 11 is 0. The SMILES string of the molecule is CCc1nccn1Cc1coc(-c2ccccc2C)n1. The van der Waals surface area contributed by atoms with Crippen molar-refractivity contribution in [2.24, 2.45) is 0 Å². The molecule has 0 saturated heterocycles. The molecular formula is C16H17N3O. The molecule has 0 radical (unpaired) electrons. The van der Waals surface area contributed by atoms with Crippen LogP contribution in [0.2, 0.25) is 0 Å². The molecule has 0 spiro atoms. The maximum absolute atomic E-state index is 5.61. The summed E-state index contributed by atoms with van der Waals surface area (Å²) in [6, 6.07) is 8.10. The van der Waals surface area contributed by atoms with Gasteiger partial charge in [0.05, 0.1) is 12.2 Å². The predicted octanol–water partition coefficient (Wildman–Crippen LogP) is 3.46. The minimum atomic E-state index is 0.677. The van der Waals surface area contributed by atoms with Crippen molar-refractivity contribution in [3.63, 3.8) is 0 Å². The average molecular weight is 267 g/mol. The molecule has 0 aliphatic rings. The first-order valence-electron chi connectivity index (χ1n) is 6.78. The van der Waals surface area contributed by atoms with Crippen molar-refractivity contribution in [1.82, 2.24) is 14.5 Å². The predicted molar refractivity (Wildman–Crippen MR) is 77.4 cm³/mol. The van der Waals surface area contributed by atoms with Gasteiger partial charge >= 0.3 is 0 Å². The zero-order valence-electron chi connectivity index (χ0n) is 11.7. The summed E-state index contributed by atoms with van der Waals surface area (Å²) in [7, 11) is 0. The smallest absolute Gasteiger partial charge is 0.226 e. The van der Waals surface area contributed by atoms with Gasteiger partial charge in [0.2, 0.25) is 5.89 Å². The number of aromatic nitrogens is 3. The van der Waals surface area contributed by atoms with Gasteiger partial charge in [-0.2, -0.15) is 0 Å². The van der Waals surface area contributed by atoms with Crippen LogP contribution in [0.4, 0.5) is 0 Å². The fraction of sp³-hybridized carbons (Fsp3) is 0.250. The number of nitrogens with zero attached hydrogens (tertiary/aromatic N) is 3. The van der Waals surface area contributed by atoms with E-state index in [1.807, 2.05) is 30.6 Å². The molecule has 0 aliphatic heterocycles. The van der Waals surface area contributed by atoms with Gasteiger partial charge in [0.1, 0.15) is 12.1 Å². The molecule has 0 aliphatic carbocycles. The van der Waals surface area contributed by atoms with Gasteiger partial charge in [-0.15, -0.1) is 0 Å². The highest BCUT2D eigenvalue weighted by atomic mass is 16.3. The van der Waals surface area contributed by atoms with Crippen molar-refractivity contribution >= 4 is 0 Å². The maximum atomic E-state index is 5.61. The molecule has 0 unspecified atom stereocenters. The van der Waals surface area contributed by atoms with Crippen LogP contribution >= 0.6 is 0 Å². The van der Waals surface area contributed by atoms with Gasteiger partial charge in [-0.1, -0.05) is 25.1 Å². The first-order chi connectivity index (χ1) is 9.78. The summed E-state index contributed by atoms with van der Waals surface area (Å²) in [5.74, 6) is 1.74. The van der Waals surface area contributed by atoms with Gasteiger partial charge in [0.25, 0.3) is 0 Å². The quantitative estimate of drug-likeness (QED) is 0.727. The Kier molecular flexibility index (Phi) is 3.37. The lowest BCUT2D eigenvalue weighted by Crippen LogP contribution is -2.03. The Hall–Kier alpha value is -2.36. The Morgan fingerprint density at radius 2 is 2.10 bits per heavy atom. The number of benzene rings is 1. The van der Waals surface area contributed by atoms with E-state index in [9.17, 15) is 0 Å². The summed E-state index contributed by atoms with van der Waals surface area (Å²) in [6.07, 6.45) is 6.43. The topological polar surface area (TPSA) is 43.9 Å². The summed E-state index contributed by atoms with van der Waals surface area (Å²) in [5, 5.41) is 0. The van der Waals surface area contributed by atoms with E-state index in [0.29, 0.717) is 12.4 Å². The molecule has 0 amide bonds. The highest BCUT2D eigenvalue weighted by molar-refractivity contribution is 5.58. The lowest BCUT2D eigenvalue weighted by Gasteiger charge is -2.02. The summed E-state index contributed by atoms with van der Waals surface area (Å²) < 4.78 is 7.71. The summed E-state index contributed by atoms with van der Waals surface area (Å²) in [6.45, 7) is 4.85. The normalized spacial score (nSPS) is 10.9. The van der Waals surface area contributed by atoms with E-state index in [1.54, 1.807) is 6.26 Å². The van der Waals surface area contributed by atoms with E-state index in [4.69, 9.17) is 4.42 Å². The molecule has 0 N–H and O–H groups in total. The lowest BCUT2D eigenvalue weighted by molar-refractivity contribution is 0.570. The van der Waals surface area contributed by atoms with Crippen LogP contribution in [0.3, 0.4) is 0 Å². The monoisotopic (exact) mass is 267 g/mol. The third-order valence-corrected chi connectivity index (χ3v) is 3.38. The first kappa shape index (κ1) is 12.7. The highest BCUT2D eigenvalue weighted by Crippen LogP contribution is 2.22. The number of rotatable bonds is 4. The molecule has 102 valence electrons. The Labute approximate surface area is 118 Å². The molecule has 2 heterocycles. The molecule has 0 saturated carbocycles. The Balaban J connectivity index is 1.86. The molecule has 0 fully saturated rings. The van der Waals surface area contributed by atoms with Gasteiger partial charge in [0.15, 0.2) is 0 Å². The first-order valence-corrected chi connectivity index (χ1v) is 6.78. The van der Waals surface area contributed by atoms with Gasteiger partial charge in [-0.3, -0.25) is 0 Å². The molecular weight excluding hydrogens is 250 g/mol. The van der Waals surface area contributed by atoms with Crippen LogP contribution in [0, 0.1) is 6.92 Å². The van der Waals surface area contributed by atoms with E-state index in [0.717, 1.165) is 29.1 Å². The second kappa shape index (κ2) is 5.33. The Bertz CT molecular complexity index is 712. The number of hydrogen-bond donors (Lipinski definition) is 0. The number of aryl methyl sites for hydroxylation is 2. The molecule has 2 aromatic heterocycles. The van der Waals surface area contributed by atoms with E-state index in [-0.39, 0.29) is 0 Å². The van der Waals surface area contributed by atoms with E-state index < -0.39 is 0 Å². The number of hydrogen-bond acceptors (Lipinski definition) is 3. The van der Waals surface area contributed by atoms with Crippen molar-refractivity contribution < 1.29 is 4.42 Å². The third kappa shape index (κ3) is 2.37. The van der Waals surface area contributed by atoms with Crippen LogP contribution < -0.4 is 0 Å². The van der Waals surface area contributed by atoms with Crippen molar-refractivity contribution in [2.45, 2.75) is 26.8 Å². The van der Waals surface area contributed by atoms with Crippen molar-refractivity contribution in [3.8, 4) is 11.5 Å². The van der Waals surface area contributed by atoms with Crippen molar-refractivity contribution in [2.75, 3.05) is 0 Å². The average Bonchev–Trinajstić information content (AvgIpc) is 3.09. The fourth-order valence-electron chi connectivity index (χ4n) is 2.29. The summed E-state index contributed by atoms with van der Waals surface area (Å²) in [4.78, 5) is 8.89. The van der Waals surface area contributed by atoms with Crippen LogP contribution in [0.25, 0.3) is 11.5 Å². The second-order valence-electron chi connectivity index (χ2n) is 4.78. The zero-order chi connectivity index (χ0) is 13.9. The molecule has 3 rings (SSSR count). The Morgan fingerprint density at radius 3 is 2.90 bits per heavy atom. The van der Waals surface area contributed by atoms with Gasteiger partial charge < -0.3 is 8.98 Å². The maximum Gasteiger partial charge on any atom is 0.226 e. The zero-order valence-corrected chi connectivity index (χ0v) is 11.7. The van der Waals surface area contributed by atoms with E-state index in [1.165, 1.54) is 0 Å². The molecule has 4 nitrogen and oxygen atoms in total. The third-order valence-electron chi connectivity index (χ3n) is 3.38. The van der Waals surface area contributed by atoms with Gasteiger partial charge in [0, 0.05) is 24.4 Å². The van der Waals surface area contributed by atoms with Crippen LogP contribution in [-0.2, 0) is 13.0 Å². The summed E-state index contributed by atoms with van der Waals surface area (Å²) in [5.41, 5.74) is 3.12. The molecule has 20 heavy (non-hydrogen) atoms. The highest BCUT2D eigenvalue weighted by Gasteiger charge is 2.10. The van der Waals surface area contributed by atoms with Gasteiger partial charge in [-0.25, -0.2) is 9.97 Å². The fourth-order valence-corrected chi connectivity index (χ4v) is 2.29. The van der Waals surface area contributed by atoms with Crippen molar-refractivity contribution in [3.05, 3.63) is 60.0 Å². The largest absolute Gasteiger partial charge is 0.444 e. The van der Waals surface area contributed by atoms with E-state index >= 15 is 0 Å². The molecule has 0 bridgehead atoms. The second-order valence-corrected chi connectivity index (χ2v) is 4.78. The standard InChI is InChI=1S/C16H17N3O/c1-3-15-17-8-9-19(15)10-13-11-20-16(18-13)14-7-5-4-6-12(14)2/h4-9,11H,3,10H2,1-2H3. The molecule has 4 heteroatoms. The molecule has 3 aromatic rings. The van der Waals surface area contributed by atoms with Crippen LogP contribution in [-0.4, -0.2) is 14.5 Å². The van der Waals surface area contributed by atoms with Crippen LogP contribution in [0.1, 0.15) is 24.0 Å². The Morgan fingerprint density at radius 1 is 1.25 bits per heavy atom. The molecule has 0 atom stereocenters. The minimum Gasteiger partial charge on any atom is -0.444 e. The number of imidazole rings is 1. The van der Waals surface area contributed by atoms with E-state index in [2.05, 4.69) is 34.4 Å². The minimum absolute atomic E-state index is 0.677.